The summed E-state index contributed by atoms with van der Waals surface area (Å²) in [7, 11) is -3.20. The van der Waals surface area contributed by atoms with Crippen LogP contribution in [0.25, 0.3) is 0 Å². The minimum absolute atomic E-state index is 0.000867. The fourth-order valence-electron chi connectivity index (χ4n) is 1.42. The molecule has 0 spiro atoms. The molecule has 0 amide bonds. The summed E-state index contributed by atoms with van der Waals surface area (Å²) < 4.78 is 24.1. The van der Waals surface area contributed by atoms with E-state index in [2.05, 4.69) is 0 Å². The lowest BCUT2D eigenvalue weighted by Gasteiger charge is -2.26. The molecule has 0 aliphatic heterocycles. The Bertz CT molecular complexity index is 489. The van der Waals surface area contributed by atoms with Gasteiger partial charge in [0.2, 0.25) is 0 Å². The lowest BCUT2D eigenvalue weighted by atomic mass is 9.89. The number of benzene rings is 1. The second-order valence-electron chi connectivity index (χ2n) is 5.65. The van der Waals surface area contributed by atoms with Gasteiger partial charge in [0.25, 0.3) is 0 Å². The molecule has 1 unspecified atom stereocenters. The normalized spacial score (nSPS) is 14.5. The second-order valence-corrected chi connectivity index (χ2v) is 8.20. The maximum Gasteiger partial charge on any atom is 0.155 e. The van der Waals surface area contributed by atoms with Gasteiger partial charge in [0, 0.05) is 11.1 Å². The zero-order chi connectivity index (χ0) is 14.0. The molecule has 102 valence electrons. The Labute approximate surface area is 114 Å². The quantitative estimate of drug-likeness (QED) is 0.927. The number of sulfone groups is 1. The van der Waals surface area contributed by atoms with Crippen molar-refractivity contribution in [3.05, 3.63) is 34.9 Å². The molecule has 0 aromatic heterocycles. The Balaban J connectivity index is 2.74. The fourth-order valence-corrected chi connectivity index (χ4v) is 3.41. The molecule has 1 aromatic carbocycles. The fraction of sp³-hybridized carbons (Fsp3) is 0.538. The van der Waals surface area contributed by atoms with Crippen LogP contribution in [0.3, 0.4) is 0 Å². The first-order valence-corrected chi connectivity index (χ1v) is 8.00. The average molecular weight is 290 g/mol. The summed E-state index contributed by atoms with van der Waals surface area (Å²) in [6, 6.07) is 6.46. The van der Waals surface area contributed by atoms with Crippen LogP contribution in [0, 0.1) is 5.41 Å². The van der Waals surface area contributed by atoms with Crippen LogP contribution in [0.5, 0.6) is 0 Å². The molecule has 1 aromatic rings. The number of halogens is 1. The van der Waals surface area contributed by atoms with Crippen LogP contribution in [-0.2, 0) is 15.6 Å². The summed E-state index contributed by atoms with van der Waals surface area (Å²) in [6.45, 7) is 5.82. The zero-order valence-corrected chi connectivity index (χ0v) is 12.6. The van der Waals surface area contributed by atoms with Crippen molar-refractivity contribution in [3.63, 3.8) is 0 Å². The second kappa shape index (κ2) is 5.59. The van der Waals surface area contributed by atoms with Gasteiger partial charge in [-0.3, -0.25) is 0 Å². The smallest absolute Gasteiger partial charge is 0.155 e. The SMILES string of the molecule is CC(C)(C)C(N)CS(=O)(=O)Cc1ccc(Cl)cc1. The lowest BCUT2D eigenvalue weighted by Crippen LogP contribution is -2.41. The van der Waals surface area contributed by atoms with Crippen LogP contribution in [0.15, 0.2) is 24.3 Å². The molecule has 0 aliphatic carbocycles. The minimum Gasteiger partial charge on any atom is -0.326 e. The van der Waals surface area contributed by atoms with Gasteiger partial charge in [0.15, 0.2) is 9.84 Å². The van der Waals surface area contributed by atoms with Crippen molar-refractivity contribution in [2.75, 3.05) is 5.75 Å². The zero-order valence-electron chi connectivity index (χ0n) is 11.0. The van der Waals surface area contributed by atoms with Crippen LogP contribution < -0.4 is 5.73 Å². The largest absolute Gasteiger partial charge is 0.326 e. The lowest BCUT2D eigenvalue weighted by molar-refractivity contribution is 0.340. The predicted molar refractivity (Wildman–Crippen MR) is 76.4 cm³/mol. The molecule has 3 nitrogen and oxygen atoms in total. The highest BCUT2D eigenvalue weighted by Gasteiger charge is 2.26. The Kier molecular flexibility index (Phi) is 4.81. The first-order chi connectivity index (χ1) is 8.10. The molecule has 0 radical (unpaired) electrons. The maximum atomic E-state index is 12.0. The van der Waals surface area contributed by atoms with Crippen LogP contribution in [0.1, 0.15) is 26.3 Å². The summed E-state index contributed by atoms with van der Waals surface area (Å²) in [5.41, 5.74) is 6.44. The highest BCUT2D eigenvalue weighted by Crippen LogP contribution is 2.20. The molecular formula is C13H20ClNO2S. The van der Waals surface area contributed by atoms with Crippen molar-refractivity contribution >= 4 is 21.4 Å². The molecule has 0 bridgehead atoms. The van der Waals surface area contributed by atoms with E-state index in [4.69, 9.17) is 17.3 Å². The van der Waals surface area contributed by atoms with E-state index in [1.54, 1.807) is 24.3 Å². The maximum absolute atomic E-state index is 12.0. The molecule has 18 heavy (non-hydrogen) atoms. The van der Waals surface area contributed by atoms with Crippen molar-refractivity contribution < 1.29 is 8.42 Å². The highest BCUT2D eigenvalue weighted by molar-refractivity contribution is 7.90. The Morgan fingerprint density at radius 2 is 1.72 bits per heavy atom. The third-order valence-corrected chi connectivity index (χ3v) is 4.74. The van der Waals surface area contributed by atoms with Crippen molar-refractivity contribution in [2.45, 2.75) is 32.6 Å². The van der Waals surface area contributed by atoms with Gasteiger partial charge in [0.1, 0.15) is 0 Å². The predicted octanol–water partition coefficient (Wildman–Crippen LogP) is 2.63. The number of rotatable bonds is 4. The van der Waals surface area contributed by atoms with Gasteiger partial charge in [0.05, 0.1) is 11.5 Å². The number of hydrogen-bond donors (Lipinski definition) is 1. The van der Waals surface area contributed by atoms with Crippen LogP contribution in [-0.4, -0.2) is 20.2 Å². The van der Waals surface area contributed by atoms with Gasteiger partial charge in [-0.05, 0) is 23.1 Å². The molecule has 0 fully saturated rings. The van der Waals surface area contributed by atoms with E-state index in [0.717, 1.165) is 5.56 Å². The van der Waals surface area contributed by atoms with Gasteiger partial charge >= 0.3 is 0 Å². The Morgan fingerprint density at radius 1 is 1.22 bits per heavy atom. The van der Waals surface area contributed by atoms with E-state index >= 15 is 0 Å². The third kappa shape index (κ3) is 4.96. The van der Waals surface area contributed by atoms with E-state index in [1.165, 1.54) is 0 Å². The van der Waals surface area contributed by atoms with E-state index in [0.29, 0.717) is 5.02 Å². The van der Waals surface area contributed by atoms with E-state index < -0.39 is 9.84 Å². The molecule has 2 N–H and O–H groups in total. The van der Waals surface area contributed by atoms with E-state index in [1.807, 2.05) is 20.8 Å². The summed E-state index contributed by atoms with van der Waals surface area (Å²) in [4.78, 5) is 0. The standard InChI is InChI=1S/C13H20ClNO2S/c1-13(2,3)12(15)9-18(16,17)8-10-4-6-11(14)7-5-10/h4-7,12H,8-9,15H2,1-3H3. The van der Waals surface area contributed by atoms with E-state index in [9.17, 15) is 8.42 Å². The molecular weight excluding hydrogens is 270 g/mol. The van der Waals surface area contributed by atoms with Crippen molar-refractivity contribution in [1.29, 1.82) is 0 Å². The van der Waals surface area contributed by atoms with Gasteiger partial charge in [-0.25, -0.2) is 8.42 Å². The minimum atomic E-state index is -3.20. The van der Waals surface area contributed by atoms with Crippen LogP contribution in [0.4, 0.5) is 0 Å². The number of hydrogen-bond acceptors (Lipinski definition) is 3. The van der Waals surface area contributed by atoms with Gasteiger partial charge < -0.3 is 5.73 Å². The molecule has 5 heteroatoms. The van der Waals surface area contributed by atoms with E-state index in [-0.39, 0.29) is 23.0 Å². The first-order valence-electron chi connectivity index (χ1n) is 5.80. The first kappa shape index (κ1) is 15.5. The molecule has 0 heterocycles. The Morgan fingerprint density at radius 3 is 2.17 bits per heavy atom. The summed E-state index contributed by atoms with van der Waals surface area (Å²) in [5, 5.41) is 0.600. The molecule has 1 rings (SSSR count). The topological polar surface area (TPSA) is 60.2 Å². The molecule has 0 saturated heterocycles. The van der Waals surface area contributed by atoms with Crippen molar-refractivity contribution in [2.24, 2.45) is 11.1 Å². The van der Waals surface area contributed by atoms with Gasteiger partial charge in [-0.2, -0.15) is 0 Å². The van der Waals surface area contributed by atoms with Crippen molar-refractivity contribution in [3.8, 4) is 0 Å². The summed E-state index contributed by atoms with van der Waals surface area (Å²) in [6.07, 6.45) is 0. The Hall–Kier alpha value is -0.580. The summed E-state index contributed by atoms with van der Waals surface area (Å²) >= 11 is 5.76. The molecule has 0 aliphatic rings. The summed E-state index contributed by atoms with van der Waals surface area (Å²) in [5.74, 6) is 0.00702. The van der Waals surface area contributed by atoms with Crippen LogP contribution >= 0.6 is 11.6 Å². The number of nitrogens with two attached hydrogens (primary N) is 1. The van der Waals surface area contributed by atoms with Gasteiger partial charge in [-0.1, -0.05) is 44.5 Å². The average Bonchev–Trinajstić information content (AvgIpc) is 2.19. The molecule has 1 atom stereocenters. The monoisotopic (exact) mass is 289 g/mol. The third-order valence-electron chi connectivity index (χ3n) is 2.85. The van der Waals surface area contributed by atoms with Crippen LogP contribution in [0.2, 0.25) is 5.02 Å². The van der Waals surface area contributed by atoms with Crippen molar-refractivity contribution in [1.82, 2.24) is 0 Å². The molecule has 0 saturated carbocycles. The highest BCUT2D eigenvalue weighted by atomic mass is 35.5. The van der Waals surface area contributed by atoms with Gasteiger partial charge in [-0.15, -0.1) is 0 Å².